The minimum atomic E-state index is 0.0302. The van der Waals surface area contributed by atoms with E-state index in [1.165, 1.54) is 11.3 Å². The van der Waals surface area contributed by atoms with E-state index in [4.69, 9.17) is 9.47 Å². The first-order valence-corrected chi connectivity index (χ1v) is 11.1. The van der Waals surface area contributed by atoms with E-state index in [-0.39, 0.29) is 5.91 Å². The van der Waals surface area contributed by atoms with Crippen LogP contribution in [0.5, 0.6) is 5.75 Å². The number of hydrogen-bond acceptors (Lipinski definition) is 5. The molecule has 1 aliphatic rings. The van der Waals surface area contributed by atoms with Crippen LogP contribution in [0.1, 0.15) is 32.9 Å². The largest absolute Gasteiger partial charge is 0.493 e. The summed E-state index contributed by atoms with van der Waals surface area (Å²) >= 11 is 1.48. The molecular formula is C24H26N2O3S. The van der Waals surface area contributed by atoms with E-state index in [9.17, 15) is 4.79 Å². The molecule has 1 saturated heterocycles. The molecule has 30 heavy (non-hydrogen) atoms. The number of carbonyl (C=O) groups excluding carboxylic acids is 1. The van der Waals surface area contributed by atoms with Crippen LogP contribution in [0.25, 0.3) is 0 Å². The molecule has 0 saturated carbocycles. The van der Waals surface area contributed by atoms with Gasteiger partial charge in [0, 0.05) is 25.3 Å². The molecule has 6 heteroatoms. The molecule has 0 radical (unpaired) electrons. The third-order valence-electron chi connectivity index (χ3n) is 5.20. The van der Waals surface area contributed by atoms with E-state index in [0.717, 1.165) is 47.1 Å². The minimum absolute atomic E-state index is 0.0302. The zero-order chi connectivity index (χ0) is 20.8. The molecule has 0 spiro atoms. The summed E-state index contributed by atoms with van der Waals surface area (Å²) in [7, 11) is 0. The lowest BCUT2D eigenvalue weighted by atomic mass is 10.1. The van der Waals surface area contributed by atoms with Crippen molar-refractivity contribution in [1.29, 1.82) is 0 Å². The molecule has 3 heterocycles. The quantitative estimate of drug-likeness (QED) is 0.528. The molecular weight excluding hydrogens is 396 g/mol. The summed E-state index contributed by atoms with van der Waals surface area (Å²) in [5.41, 5.74) is 2.91. The van der Waals surface area contributed by atoms with Gasteiger partial charge in [0.1, 0.15) is 5.75 Å². The zero-order valence-corrected chi connectivity index (χ0v) is 17.9. The molecule has 1 aromatic carbocycles. The Balaban J connectivity index is 1.50. The fourth-order valence-corrected chi connectivity index (χ4v) is 4.40. The first kappa shape index (κ1) is 20.6. The summed E-state index contributed by atoms with van der Waals surface area (Å²) in [4.78, 5) is 20.3. The monoisotopic (exact) mass is 422 g/mol. The van der Waals surface area contributed by atoms with Crippen molar-refractivity contribution in [2.45, 2.75) is 26.4 Å². The summed E-state index contributed by atoms with van der Waals surface area (Å²) in [5, 5.41) is 1.96. The van der Waals surface area contributed by atoms with Crippen LogP contribution in [0.3, 0.4) is 0 Å². The Morgan fingerprint density at radius 1 is 1.23 bits per heavy atom. The van der Waals surface area contributed by atoms with Gasteiger partial charge in [-0.3, -0.25) is 9.78 Å². The fourth-order valence-electron chi connectivity index (χ4n) is 3.51. The van der Waals surface area contributed by atoms with Gasteiger partial charge in [0.05, 0.1) is 30.3 Å². The number of aromatic nitrogens is 1. The topological polar surface area (TPSA) is 51.7 Å². The Bertz CT molecular complexity index is 967. The number of aryl methyl sites for hydroxylation is 1. The van der Waals surface area contributed by atoms with E-state index >= 15 is 0 Å². The predicted octanol–water partition coefficient (Wildman–Crippen LogP) is 4.71. The van der Waals surface area contributed by atoms with Crippen molar-refractivity contribution in [3.63, 3.8) is 0 Å². The van der Waals surface area contributed by atoms with E-state index in [0.29, 0.717) is 25.6 Å². The lowest BCUT2D eigenvalue weighted by Crippen LogP contribution is -2.30. The average molecular weight is 423 g/mol. The molecule has 0 N–H and O–H groups in total. The van der Waals surface area contributed by atoms with Crippen molar-refractivity contribution < 1.29 is 14.3 Å². The lowest BCUT2D eigenvalue weighted by Gasteiger charge is -2.23. The van der Waals surface area contributed by atoms with Crippen molar-refractivity contribution in [1.82, 2.24) is 9.88 Å². The number of rotatable bonds is 8. The number of benzene rings is 1. The van der Waals surface area contributed by atoms with Crippen molar-refractivity contribution in [2.75, 3.05) is 19.8 Å². The van der Waals surface area contributed by atoms with Gasteiger partial charge >= 0.3 is 0 Å². The maximum atomic E-state index is 13.3. The minimum Gasteiger partial charge on any atom is -0.493 e. The maximum absolute atomic E-state index is 13.3. The van der Waals surface area contributed by atoms with Gasteiger partial charge in [0.15, 0.2) is 0 Å². The van der Waals surface area contributed by atoms with Gasteiger partial charge in [-0.1, -0.05) is 18.2 Å². The second kappa shape index (κ2) is 9.87. The summed E-state index contributed by atoms with van der Waals surface area (Å²) in [6.45, 7) is 5.18. The number of thiophene rings is 1. The Hall–Kier alpha value is -2.70. The molecule has 0 aliphatic carbocycles. The average Bonchev–Trinajstić information content (AvgIpc) is 3.44. The molecule has 1 fully saturated rings. The van der Waals surface area contributed by atoms with Gasteiger partial charge in [-0.25, -0.2) is 0 Å². The zero-order valence-electron chi connectivity index (χ0n) is 17.1. The van der Waals surface area contributed by atoms with E-state index < -0.39 is 0 Å². The summed E-state index contributed by atoms with van der Waals surface area (Å²) in [6, 6.07) is 15.8. The molecule has 4 rings (SSSR count). The summed E-state index contributed by atoms with van der Waals surface area (Å²) < 4.78 is 11.4. The first-order valence-electron chi connectivity index (χ1n) is 10.2. The Morgan fingerprint density at radius 2 is 2.17 bits per heavy atom. The fraction of sp³-hybridized carbons (Fsp3) is 0.333. The number of nitrogens with zero attached hydrogens (tertiary/aromatic N) is 2. The molecule has 1 amide bonds. The standard InChI is InChI=1S/C24H26N2O3S/c1-18-9-12-30-23(18)24(27)26(15-21-6-2-3-10-25-21)14-19-5-4-7-22(13-19)29-17-20-8-11-28-16-20/h2-7,9-10,12-13,20H,8,11,14-17H2,1H3. The van der Waals surface area contributed by atoms with Crippen LogP contribution in [0.2, 0.25) is 0 Å². The third-order valence-corrected chi connectivity index (χ3v) is 6.21. The number of amides is 1. The number of pyridine rings is 1. The smallest absolute Gasteiger partial charge is 0.264 e. The molecule has 1 unspecified atom stereocenters. The Kier molecular flexibility index (Phi) is 6.77. The molecule has 2 aromatic heterocycles. The van der Waals surface area contributed by atoms with Crippen LogP contribution in [0, 0.1) is 12.8 Å². The predicted molar refractivity (Wildman–Crippen MR) is 118 cm³/mol. The Labute approximate surface area is 181 Å². The van der Waals surface area contributed by atoms with Crippen LogP contribution in [0.15, 0.2) is 60.1 Å². The Morgan fingerprint density at radius 3 is 2.90 bits per heavy atom. The summed E-state index contributed by atoms with van der Waals surface area (Å²) in [5.74, 6) is 1.32. The maximum Gasteiger partial charge on any atom is 0.264 e. The van der Waals surface area contributed by atoms with Crippen LogP contribution in [0.4, 0.5) is 0 Å². The number of carbonyl (C=O) groups is 1. The molecule has 1 aliphatic heterocycles. The molecule has 1 atom stereocenters. The van der Waals surface area contributed by atoms with Crippen molar-refractivity contribution >= 4 is 17.2 Å². The normalized spacial score (nSPS) is 15.8. The molecule has 5 nitrogen and oxygen atoms in total. The molecule has 156 valence electrons. The highest BCUT2D eigenvalue weighted by Gasteiger charge is 2.21. The molecule has 3 aromatic rings. The van der Waals surface area contributed by atoms with Crippen LogP contribution >= 0.6 is 11.3 Å². The molecule has 0 bridgehead atoms. The van der Waals surface area contributed by atoms with Gasteiger partial charge in [0.2, 0.25) is 0 Å². The highest BCUT2D eigenvalue weighted by Crippen LogP contribution is 2.23. The third kappa shape index (κ3) is 5.26. The van der Waals surface area contributed by atoms with Crippen molar-refractivity contribution in [3.05, 3.63) is 81.8 Å². The highest BCUT2D eigenvalue weighted by molar-refractivity contribution is 7.12. The second-order valence-corrected chi connectivity index (χ2v) is 8.52. The van der Waals surface area contributed by atoms with Gasteiger partial charge in [-0.15, -0.1) is 11.3 Å². The lowest BCUT2D eigenvalue weighted by molar-refractivity contribution is 0.0732. The van der Waals surface area contributed by atoms with Crippen molar-refractivity contribution in [3.8, 4) is 5.75 Å². The van der Waals surface area contributed by atoms with E-state index in [1.54, 1.807) is 6.20 Å². The number of ether oxygens (including phenoxy) is 2. The second-order valence-electron chi connectivity index (χ2n) is 7.60. The summed E-state index contributed by atoms with van der Waals surface area (Å²) in [6.07, 6.45) is 2.81. The van der Waals surface area contributed by atoms with Crippen molar-refractivity contribution in [2.24, 2.45) is 5.92 Å². The van der Waals surface area contributed by atoms with Gasteiger partial charge in [0.25, 0.3) is 5.91 Å². The SMILES string of the molecule is Cc1ccsc1C(=O)N(Cc1cccc(OCC2CCOC2)c1)Cc1ccccn1. The highest BCUT2D eigenvalue weighted by atomic mass is 32.1. The van der Waals surface area contributed by atoms with Crippen LogP contribution in [-0.4, -0.2) is 35.6 Å². The van der Waals surface area contributed by atoms with Gasteiger partial charge in [-0.2, -0.15) is 0 Å². The van der Waals surface area contributed by atoms with Gasteiger partial charge in [-0.05, 0) is 60.2 Å². The van der Waals surface area contributed by atoms with E-state index in [1.807, 2.05) is 65.7 Å². The van der Waals surface area contributed by atoms with Crippen LogP contribution in [-0.2, 0) is 17.8 Å². The number of hydrogen-bond donors (Lipinski definition) is 0. The van der Waals surface area contributed by atoms with Crippen LogP contribution < -0.4 is 4.74 Å². The van der Waals surface area contributed by atoms with E-state index in [2.05, 4.69) is 4.98 Å². The first-order chi connectivity index (χ1) is 14.7. The van der Waals surface area contributed by atoms with Gasteiger partial charge < -0.3 is 14.4 Å².